The van der Waals surface area contributed by atoms with E-state index < -0.39 is 5.41 Å². The van der Waals surface area contributed by atoms with E-state index in [0.717, 1.165) is 5.56 Å². The molecule has 1 atom stereocenters. The lowest BCUT2D eigenvalue weighted by Crippen LogP contribution is -2.36. The van der Waals surface area contributed by atoms with Crippen LogP contribution in [0.3, 0.4) is 0 Å². The summed E-state index contributed by atoms with van der Waals surface area (Å²) in [5.41, 5.74) is 0.493. The van der Waals surface area contributed by atoms with Gasteiger partial charge >= 0.3 is 0 Å². The summed E-state index contributed by atoms with van der Waals surface area (Å²) in [5, 5.41) is 2.89. The normalized spacial score (nSPS) is 13.3. The lowest BCUT2D eigenvalue weighted by molar-refractivity contribution is -0.129. The van der Waals surface area contributed by atoms with Crippen molar-refractivity contribution in [2.24, 2.45) is 5.41 Å². The first kappa shape index (κ1) is 12.7. The van der Waals surface area contributed by atoms with Gasteiger partial charge in [-0.05, 0) is 24.6 Å². The minimum absolute atomic E-state index is 0.00988. The van der Waals surface area contributed by atoms with Crippen molar-refractivity contribution < 1.29 is 9.18 Å². The maximum atomic E-state index is 12.7. The number of nitrogens with one attached hydrogen (secondary N) is 1. The SMILES string of the molecule is CC(NC(=O)C(C)(C)C)c1ccc(F)cc1. The standard InChI is InChI=1S/C13H18FNO/c1-9(15-12(16)13(2,3)4)10-5-7-11(14)8-6-10/h5-9H,1-4H3,(H,15,16). The van der Waals surface area contributed by atoms with E-state index in [1.165, 1.54) is 12.1 Å². The Kier molecular flexibility index (Phi) is 3.68. The topological polar surface area (TPSA) is 29.1 Å². The summed E-state index contributed by atoms with van der Waals surface area (Å²) < 4.78 is 12.7. The van der Waals surface area contributed by atoms with Crippen LogP contribution < -0.4 is 5.32 Å². The van der Waals surface area contributed by atoms with Gasteiger partial charge in [-0.15, -0.1) is 0 Å². The van der Waals surface area contributed by atoms with E-state index in [1.807, 2.05) is 27.7 Å². The van der Waals surface area contributed by atoms with Gasteiger partial charge in [0.05, 0.1) is 6.04 Å². The zero-order chi connectivity index (χ0) is 12.3. The predicted octanol–water partition coefficient (Wildman–Crippen LogP) is 3.05. The highest BCUT2D eigenvalue weighted by Gasteiger charge is 2.22. The van der Waals surface area contributed by atoms with Crippen LogP contribution in [-0.2, 0) is 4.79 Å². The summed E-state index contributed by atoms with van der Waals surface area (Å²) in [7, 11) is 0. The number of hydrogen-bond acceptors (Lipinski definition) is 1. The highest BCUT2D eigenvalue weighted by molar-refractivity contribution is 5.81. The number of amides is 1. The fourth-order valence-corrected chi connectivity index (χ4v) is 1.25. The molecule has 88 valence electrons. The lowest BCUT2D eigenvalue weighted by Gasteiger charge is -2.22. The van der Waals surface area contributed by atoms with E-state index in [9.17, 15) is 9.18 Å². The van der Waals surface area contributed by atoms with Gasteiger partial charge in [-0.1, -0.05) is 32.9 Å². The van der Waals surface area contributed by atoms with Crippen molar-refractivity contribution >= 4 is 5.91 Å². The van der Waals surface area contributed by atoms with Gasteiger partial charge in [0, 0.05) is 5.41 Å². The first-order valence-electron chi connectivity index (χ1n) is 5.37. The number of hydrogen-bond donors (Lipinski definition) is 1. The highest BCUT2D eigenvalue weighted by Crippen LogP contribution is 2.18. The summed E-state index contributed by atoms with van der Waals surface area (Å²) in [6.45, 7) is 7.47. The van der Waals surface area contributed by atoms with Gasteiger partial charge in [0.15, 0.2) is 0 Å². The third-order valence-electron chi connectivity index (χ3n) is 2.40. The smallest absolute Gasteiger partial charge is 0.225 e. The molecule has 0 aliphatic carbocycles. The van der Waals surface area contributed by atoms with Crippen molar-refractivity contribution in [2.75, 3.05) is 0 Å². The Labute approximate surface area is 95.9 Å². The molecule has 0 saturated carbocycles. The molecule has 3 heteroatoms. The third kappa shape index (κ3) is 3.33. The monoisotopic (exact) mass is 223 g/mol. The van der Waals surface area contributed by atoms with Gasteiger partial charge in [-0.2, -0.15) is 0 Å². The summed E-state index contributed by atoms with van der Waals surface area (Å²) in [6.07, 6.45) is 0. The minimum atomic E-state index is -0.408. The molecule has 0 bridgehead atoms. The van der Waals surface area contributed by atoms with Crippen LogP contribution in [0.5, 0.6) is 0 Å². The molecule has 1 aromatic carbocycles. The van der Waals surface area contributed by atoms with Crippen molar-refractivity contribution in [3.05, 3.63) is 35.6 Å². The zero-order valence-electron chi connectivity index (χ0n) is 10.2. The van der Waals surface area contributed by atoms with Gasteiger partial charge in [0.2, 0.25) is 5.91 Å². The molecule has 0 saturated heterocycles. The summed E-state index contributed by atoms with van der Waals surface area (Å²) in [5.74, 6) is -0.276. The number of carbonyl (C=O) groups is 1. The Balaban J connectivity index is 2.69. The molecule has 2 nitrogen and oxygen atoms in total. The second kappa shape index (κ2) is 4.64. The molecular weight excluding hydrogens is 205 g/mol. The van der Waals surface area contributed by atoms with E-state index in [4.69, 9.17) is 0 Å². The fourth-order valence-electron chi connectivity index (χ4n) is 1.25. The Morgan fingerprint density at radius 1 is 1.25 bits per heavy atom. The quantitative estimate of drug-likeness (QED) is 0.820. The Morgan fingerprint density at radius 3 is 2.19 bits per heavy atom. The van der Waals surface area contributed by atoms with Crippen LogP contribution in [0, 0.1) is 11.2 Å². The third-order valence-corrected chi connectivity index (χ3v) is 2.40. The maximum Gasteiger partial charge on any atom is 0.225 e. The molecule has 16 heavy (non-hydrogen) atoms. The molecule has 0 fully saturated rings. The van der Waals surface area contributed by atoms with Crippen LogP contribution in [0.15, 0.2) is 24.3 Å². The molecule has 1 unspecified atom stereocenters. The number of carbonyl (C=O) groups excluding carboxylic acids is 1. The summed E-state index contributed by atoms with van der Waals surface area (Å²) in [6, 6.07) is 6.06. The molecule has 0 radical (unpaired) electrons. The minimum Gasteiger partial charge on any atom is -0.349 e. The van der Waals surface area contributed by atoms with Gasteiger partial charge in [0.25, 0.3) is 0 Å². The molecular formula is C13H18FNO. The first-order valence-corrected chi connectivity index (χ1v) is 5.37. The van der Waals surface area contributed by atoms with Crippen LogP contribution in [-0.4, -0.2) is 5.91 Å². The number of benzene rings is 1. The second-order valence-electron chi connectivity index (χ2n) is 5.00. The lowest BCUT2D eigenvalue weighted by atomic mass is 9.95. The van der Waals surface area contributed by atoms with Crippen LogP contribution in [0.4, 0.5) is 4.39 Å². The second-order valence-corrected chi connectivity index (χ2v) is 5.00. The molecule has 1 N–H and O–H groups in total. The van der Waals surface area contributed by atoms with E-state index in [2.05, 4.69) is 5.32 Å². The van der Waals surface area contributed by atoms with Crippen LogP contribution >= 0.6 is 0 Å². The van der Waals surface area contributed by atoms with E-state index in [-0.39, 0.29) is 17.8 Å². The Bertz CT molecular complexity index is 365. The van der Waals surface area contributed by atoms with Crippen molar-refractivity contribution in [2.45, 2.75) is 33.7 Å². The highest BCUT2D eigenvalue weighted by atomic mass is 19.1. The van der Waals surface area contributed by atoms with Gasteiger partial charge in [-0.25, -0.2) is 4.39 Å². The fraction of sp³-hybridized carbons (Fsp3) is 0.462. The number of halogens is 1. The zero-order valence-corrected chi connectivity index (χ0v) is 10.2. The largest absolute Gasteiger partial charge is 0.349 e. The van der Waals surface area contributed by atoms with Gasteiger partial charge in [-0.3, -0.25) is 4.79 Å². The van der Waals surface area contributed by atoms with Crippen molar-refractivity contribution in [1.82, 2.24) is 5.32 Å². The molecule has 0 heterocycles. The van der Waals surface area contributed by atoms with Crippen LogP contribution in [0.1, 0.15) is 39.3 Å². The molecule has 1 rings (SSSR count). The van der Waals surface area contributed by atoms with Crippen LogP contribution in [0.25, 0.3) is 0 Å². The summed E-state index contributed by atoms with van der Waals surface area (Å²) >= 11 is 0. The van der Waals surface area contributed by atoms with Gasteiger partial charge < -0.3 is 5.32 Å². The van der Waals surface area contributed by atoms with E-state index >= 15 is 0 Å². The molecule has 1 amide bonds. The van der Waals surface area contributed by atoms with Gasteiger partial charge in [0.1, 0.15) is 5.82 Å². The van der Waals surface area contributed by atoms with Crippen molar-refractivity contribution in [3.63, 3.8) is 0 Å². The molecule has 0 aliphatic heterocycles. The molecule has 0 aliphatic rings. The van der Waals surface area contributed by atoms with Crippen molar-refractivity contribution in [3.8, 4) is 0 Å². The van der Waals surface area contributed by atoms with Crippen molar-refractivity contribution in [1.29, 1.82) is 0 Å². The maximum absolute atomic E-state index is 12.7. The predicted molar refractivity (Wildman–Crippen MR) is 62.4 cm³/mol. The molecule has 0 aromatic heterocycles. The number of rotatable bonds is 2. The Hall–Kier alpha value is -1.38. The first-order chi connectivity index (χ1) is 7.30. The van der Waals surface area contributed by atoms with E-state index in [1.54, 1.807) is 12.1 Å². The van der Waals surface area contributed by atoms with Crippen LogP contribution in [0.2, 0.25) is 0 Å². The average Bonchev–Trinajstić information content (AvgIpc) is 2.17. The Morgan fingerprint density at radius 2 is 1.75 bits per heavy atom. The molecule has 0 spiro atoms. The average molecular weight is 223 g/mol. The van der Waals surface area contributed by atoms with E-state index in [0.29, 0.717) is 0 Å². The molecule has 1 aromatic rings. The summed E-state index contributed by atoms with van der Waals surface area (Å²) in [4.78, 5) is 11.7.